The summed E-state index contributed by atoms with van der Waals surface area (Å²) < 4.78 is 5.15. The zero-order valence-corrected chi connectivity index (χ0v) is 15.1. The maximum Gasteiger partial charge on any atom is 0.329 e. The Labute approximate surface area is 152 Å². The van der Waals surface area contributed by atoms with Crippen molar-refractivity contribution in [2.75, 3.05) is 0 Å². The highest BCUT2D eigenvalue weighted by atomic mass is 35.5. The Bertz CT molecular complexity index is 644. The Kier molecular flexibility index (Phi) is 6.82. The van der Waals surface area contributed by atoms with Gasteiger partial charge >= 0.3 is 5.97 Å². The van der Waals surface area contributed by atoms with Gasteiger partial charge in [0.2, 0.25) is 0 Å². The van der Waals surface area contributed by atoms with Crippen LogP contribution in [0.25, 0.3) is 0 Å². The van der Waals surface area contributed by atoms with E-state index in [1.165, 1.54) is 13.8 Å². The highest BCUT2D eigenvalue weighted by Crippen LogP contribution is 2.18. The first-order chi connectivity index (χ1) is 11.9. The molecule has 2 amide bonds. The maximum atomic E-state index is 12.1. The third-order valence-electron chi connectivity index (χ3n) is 4.18. The van der Waals surface area contributed by atoms with E-state index < -0.39 is 24.0 Å². The predicted molar refractivity (Wildman–Crippen MR) is 94.3 cm³/mol. The molecule has 0 bridgehead atoms. The van der Waals surface area contributed by atoms with Crippen molar-refractivity contribution in [3.63, 3.8) is 0 Å². The molecule has 1 aromatic carbocycles. The molecule has 2 rings (SSSR count). The standard InChI is InChI=1S/C18H23ClN2O4/c1-11(20-17(23)14-9-5-6-10-15(14)19)18(24)25-12(2)16(22)21-13-7-3-4-8-13/h5-6,9-13H,3-4,7-8H2,1-2H3,(H,20,23)(H,21,22)/t11-,12-/m0/s1. The summed E-state index contributed by atoms with van der Waals surface area (Å²) in [6.45, 7) is 3.02. The topological polar surface area (TPSA) is 84.5 Å². The number of hydrogen-bond donors (Lipinski definition) is 2. The molecule has 1 aliphatic carbocycles. The molecule has 1 fully saturated rings. The van der Waals surface area contributed by atoms with Gasteiger partial charge in [-0.15, -0.1) is 0 Å². The second-order valence-corrected chi connectivity index (χ2v) is 6.65. The summed E-state index contributed by atoms with van der Waals surface area (Å²) in [6, 6.07) is 5.81. The van der Waals surface area contributed by atoms with Gasteiger partial charge in [0.05, 0.1) is 10.6 Å². The molecule has 25 heavy (non-hydrogen) atoms. The van der Waals surface area contributed by atoms with Crippen molar-refractivity contribution in [1.82, 2.24) is 10.6 Å². The van der Waals surface area contributed by atoms with Crippen molar-refractivity contribution in [3.8, 4) is 0 Å². The van der Waals surface area contributed by atoms with Crippen molar-refractivity contribution in [2.24, 2.45) is 0 Å². The average Bonchev–Trinajstić information content (AvgIpc) is 3.07. The molecular weight excluding hydrogens is 344 g/mol. The Morgan fingerprint density at radius 3 is 2.44 bits per heavy atom. The molecular formula is C18H23ClN2O4. The second kappa shape index (κ2) is 8.85. The fourth-order valence-electron chi connectivity index (χ4n) is 2.70. The molecule has 2 atom stereocenters. The molecule has 2 N–H and O–H groups in total. The SMILES string of the molecule is C[C@H](NC(=O)c1ccccc1Cl)C(=O)O[C@@H](C)C(=O)NC1CCCC1. The van der Waals surface area contributed by atoms with E-state index in [1.807, 2.05) is 0 Å². The van der Waals surface area contributed by atoms with E-state index in [9.17, 15) is 14.4 Å². The first kappa shape index (κ1) is 19.2. The van der Waals surface area contributed by atoms with Crippen LogP contribution in [0.2, 0.25) is 5.02 Å². The molecule has 1 saturated carbocycles. The van der Waals surface area contributed by atoms with E-state index in [2.05, 4.69) is 10.6 Å². The number of hydrogen-bond acceptors (Lipinski definition) is 4. The molecule has 1 aliphatic rings. The fourth-order valence-corrected chi connectivity index (χ4v) is 2.92. The van der Waals surface area contributed by atoms with Gasteiger partial charge in [-0.1, -0.05) is 36.6 Å². The predicted octanol–water partition coefficient (Wildman–Crippen LogP) is 2.45. The first-order valence-corrected chi connectivity index (χ1v) is 8.82. The van der Waals surface area contributed by atoms with E-state index in [4.69, 9.17) is 16.3 Å². The minimum absolute atomic E-state index is 0.158. The van der Waals surface area contributed by atoms with E-state index in [0.29, 0.717) is 5.02 Å². The van der Waals surface area contributed by atoms with E-state index >= 15 is 0 Å². The van der Waals surface area contributed by atoms with Crippen LogP contribution in [0, 0.1) is 0 Å². The van der Waals surface area contributed by atoms with Crippen molar-refractivity contribution >= 4 is 29.4 Å². The van der Waals surface area contributed by atoms with Gasteiger partial charge in [0.25, 0.3) is 11.8 Å². The quantitative estimate of drug-likeness (QED) is 0.757. The molecule has 0 saturated heterocycles. The second-order valence-electron chi connectivity index (χ2n) is 6.24. The van der Waals surface area contributed by atoms with Gasteiger partial charge < -0.3 is 15.4 Å². The molecule has 7 heteroatoms. The average molecular weight is 367 g/mol. The number of nitrogens with one attached hydrogen (secondary N) is 2. The van der Waals surface area contributed by atoms with E-state index in [0.717, 1.165) is 25.7 Å². The largest absolute Gasteiger partial charge is 0.451 e. The van der Waals surface area contributed by atoms with Crippen LogP contribution in [0.1, 0.15) is 49.9 Å². The van der Waals surface area contributed by atoms with E-state index in [1.54, 1.807) is 24.3 Å². The highest BCUT2D eigenvalue weighted by molar-refractivity contribution is 6.33. The van der Waals surface area contributed by atoms with Gasteiger partial charge in [-0.2, -0.15) is 0 Å². The Balaban J connectivity index is 1.83. The third-order valence-corrected chi connectivity index (χ3v) is 4.51. The van der Waals surface area contributed by atoms with Crippen LogP contribution in [0.3, 0.4) is 0 Å². The van der Waals surface area contributed by atoms with Crippen LogP contribution in [-0.4, -0.2) is 36.0 Å². The van der Waals surface area contributed by atoms with Crippen molar-refractivity contribution in [3.05, 3.63) is 34.9 Å². The molecule has 0 heterocycles. The number of benzene rings is 1. The lowest BCUT2D eigenvalue weighted by Gasteiger charge is -2.19. The summed E-state index contributed by atoms with van der Waals surface area (Å²) in [5, 5.41) is 5.70. The Morgan fingerprint density at radius 1 is 1.16 bits per heavy atom. The van der Waals surface area contributed by atoms with Crippen LogP contribution in [0.15, 0.2) is 24.3 Å². The summed E-state index contributed by atoms with van der Waals surface area (Å²) in [5.41, 5.74) is 0.274. The van der Waals surface area contributed by atoms with Crippen molar-refractivity contribution < 1.29 is 19.1 Å². The molecule has 136 valence electrons. The molecule has 1 aromatic rings. The summed E-state index contributed by atoms with van der Waals surface area (Å²) >= 11 is 5.96. The first-order valence-electron chi connectivity index (χ1n) is 8.44. The van der Waals surface area contributed by atoms with Gasteiger partial charge in [-0.3, -0.25) is 9.59 Å². The fraction of sp³-hybridized carbons (Fsp3) is 0.500. The number of esters is 1. The number of amides is 2. The molecule has 0 spiro atoms. The smallest absolute Gasteiger partial charge is 0.329 e. The number of carbonyl (C=O) groups is 3. The minimum Gasteiger partial charge on any atom is -0.451 e. The zero-order chi connectivity index (χ0) is 18.4. The molecule has 6 nitrogen and oxygen atoms in total. The van der Waals surface area contributed by atoms with Gasteiger partial charge in [0.1, 0.15) is 6.04 Å². The van der Waals surface area contributed by atoms with Crippen LogP contribution in [-0.2, 0) is 14.3 Å². The highest BCUT2D eigenvalue weighted by Gasteiger charge is 2.26. The summed E-state index contributed by atoms with van der Waals surface area (Å²) in [6.07, 6.45) is 3.20. The van der Waals surface area contributed by atoms with Gasteiger partial charge in [0.15, 0.2) is 6.10 Å². The molecule has 0 aromatic heterocycles. The Hall–Kier alpha value is -2.08. The molecule has 0 unspecified atom stereocenters. The van der Waals surface area contributed by atoms with Crippen LogP contribution in [0.5, 0.6) is 0 Å². The summed E-state index contributed by atoms with van der Waals surface area (Å²) in [7, 11) is 0. The van der Waals surface area contributed by atoms with Crippen LogP contribution in [0.4, 0.5) is 0 Å². The third kappa shape index (κ3) is 5.46. The monoisotopic (exact) mass is 366 g/mol. The lowest BCUT2D eigenvalue weighted by molar-refractivity contribution is -0.156. The summed E-state index contributed by atoms with van der Waals surface area (Å²) in [4.78, 5) is 36.3. The molecule has 0 aliphatic heterocycles. The van der Waals surface area contributed by atoms with Crippen LogP contribution < -0.4 is 10.6 Å². The number of carbonyl (C=O) groups excluding carboxylic acids is 3. The lowest BCUT2D eigenvalue weighted by atomic mass is 10.2. The maximum absolute atomic E-state index is 12.1. The Morgan fingerprint density at radius 2 is 1.80 bits per heavy atom. The number of ether oxygens (including phenoxy) is 1. The van der Waals surface area contributed by atoms with Gasteiger partial charge in [-0.05, 0) is 38.8 Å². The minimum atomic E-state index is -0.909. The number of halogens is 1. The van der Waals surface area contributed by atoms with Gasteiger partial charge in [-0.25, -0.2) is 4.79 Å². The lowest BCUT2D eigenvalue weighted by Crippen LogP contribution is -2.45. The molecule has 0 radical (unpaired) electrons. The van der Waals surface area contributed by atoms with Crippen molar-refractivity contribution in [2.45, 2.75) is 57.7 Å². The van der Waals surface area contributed by atoms with Crippen LogP contribution >= 0.6 is 11.6 Å². The van der Waals surface area contributed by atoms with Crippen molar-refractivity contribution in [1.29, 1.82) is 0 Å². The number of rotatable bonds is 6. The normalized spacial score (nSPS) is 16.8. The van der Waals surface area contributed by atoms with E-state index in [-0.39, 0.29) is 17.5 Å². The zero-order valence-electron chi connectivity index (χ0n) is 14.4. The summed E-state index contributed by atoms with van der Waals surface area (Å²) in [5.74, 6) is -1.46. The van der Waals surface area contributed by atoms with Gasteiger partial charge in [0, 0.05) is 6.04 Å².